The predicted octanol–water partition coefficient (Wildman–Crippen LogP) is 0.974. The summed E-state index contributed by atoms with van der Waals surface area (Å²) in [5, 5.41) is 6.55. The third kappa shape index (κ3) is 2.82. The molecule has 0 aliphatic carbocycles. The minimum absolute atomic E-state index is 0.0495. The van der Waals surface area contributed by atoms with Gasteiger partial charge in [0, 0.05) is 12.6 Å². The van der Waals surface area contributed by atoms with Crippen LogP contribution in [0.5, 0.6) is 0 Å². The van der Waals surface area contributed by atoms with Crippen molar-refractivity contribution in [3.8, 4) is 0 Å². The largest absolute Gasteiger partial charge is 0.359 e. The molecule has 0 aliphatic rings. The van der Waals surface area contributed by atoms with E-state index in [1.807, 2.05) is 20.8 Å². The molecule has 1 amide bonds. The molecule has 0 radical (unpaired) electrons. The number of nitrogens with one attached hydrogen (secondary N) is 1. The molecule has 0 spiro atoms. The van der Waals surface area contributed by atoms with Gasteiger partial charge < -0.3 is 15.6 Å². The Morgan fingerprint density at radius 1 is 1.69 bits per heavy atom. The topological polar surface area (TPSA) is 81.2 Å². The second kappa shape index (κ2) is 5.12. The highest BCUT2D eigenvalue weighted by Crippen LogP contribution is 2.19. The predicted molar refractivity (Wildman–Crippen MR) is 60.5 cm³/mol. The number of hydrogen-bond acceptors (Lipinski definition) is 4. The maximum atomic E-state index is 11.9. The summed E-state index contributed by atoms with van der Waals surface area (Å²) in [5.41, 5.74) is 5.90. The average Bonchev–Trinajstić information content (AvgIpc) is 2.70. The van der Waals surface area contributed by atoms with Crippen LogP contribution in [0.2, 0.25) is 0 Å². The highest BCUT2D eigenvalue weighted by Gasteiger charge is 2.29. The van der Waals surface area contributed by atoms with Gasteiger partial charge >= 0.3 is 0 Å². The van der Waals surface area contributed by atoms with Gasteiger partial charge in [-0.15, -0.1) is 0 Å². The molecule has 1 unspecified atom stereocenters. The SMILES string of the molecule is CCC(C)(CN)C(=O)NCc1cc(C)no1. The van der Waals surface area contributed by atoms with Crippen LogP contribution in [0.1, 0.15) is 31.7 Å². The summed E-state index contributed by atoms with van der Waals surface area (Å²) in [4.78, 5) is 11.9. The number of aryl methyl sites for hydroxylation is 1. The van der Waals surface area contributed by atoms with Gasteiger partial charge in [0.25, 0.3) is 0 Å². The van der Waals surface area contributed by atoms with Gasteiger partial charge in [-0.25, -0.2) is 0 Å². The van der Waals surface area contributed by atoms with Crippen molar-refractivity contribution < 1.29 is 9.32 Å². The fourth-order valence-corrected chi connectivity index (χ4v) is 1.28. The van der Waals surface area contributed by atoms with Crippen LogP contribution < -0.4 is 11.1 Å². The van der Waals surface area contributed by atoms with Gasteiger partial charge in [0.2, 0.25) is 5.91 Å². The molecule has 0 aromatic carbocycles. The number of carbonyl (C=O) groups excluding carboxylic acids is 1. The van der Waals surface area contributed by atoms with Crippen LogP contribution in [0.3, 0.4) is 0 Å². The first-order valence-electron chi connectivity index (χ1n) is 5.42. The summed E-state index contributed by atoms with van der Waals surface area (Å²) in [5.74, 6) is 0.605. The standard InChI is InChI=1S/C11H19N3O2/c1-4-11(3,7-12)10(15)13-6-9-5-8(2)14-16-9/h5H,4,6-7,12H2,1-3H3,(H,13,15). The smallest absolute Gasteiger partial charge is 0.227 e. The van der Waals surface area contributed by atoms with Crippen molar-refractivity contribution in [2.45, 2.75) is 33.7 Å². The third-order valence-electron chi connectivity index (χ3n) is 2.88. The maximum absolute atomic E-state index is 11.9. The molecule has 0 bridgehead atoms. The number of aromatic nitrogens is 1. The molecule has 1 atom stereocenters. The molecule has 5 nitrogen and oxygen atoms in total. The molecule has 1 aromatic heterocycles. The van der Waals surface area contributed by atoms with Crippen LogP contribution >= 0.6 is 0 Å². The van der Waals surface area contributed by atoms with Crippen molar-refractivity contribution in [2.24, 2.45) is 11.1 Å². The molecule has 0 aliphatic heterocycles. The van der Waals surface area contributed by atoms with Crippen LogP contribution in [-0.4, -0.2) is 17.6 Å². The van der Waals surface area contributed by atoms with Gasteiger partial charge in [0.15, 0.2) is 5.76 Å². The van der Waals surface area contributed by atoms with E-state index in [1.165, 1.54) is 0 Å². The lowest BCUT2D eigenvalue weighted by molar-refractivity contribution is -0.130. The quantitative estimate of drug-likeness (QED) is 0.782. The number of rotatable bonds is 5. The number of hydrogen-bond donors (Lipinski definition) is 2. The Hall–Kier alpha value is -1.36. The first-order valence-corrected chi connectivity index (χ1v) is 5.42. The van der Waals surface area contributed by atoms with Crippen molar-refractivity contribution in [1.82, 2.24) is 10.5 Å². The lowest BCUT2D eigenvalue weighted by Gasteiger charge is -2.24. The number of amides is 1. The lowest BCUT2D eigenvalue weighted by atomic mass is 9.87. The van der Waals surface area contributed by atoms with Gasteiger partial charge in [0.05, 0.1) is 17.7 Å². The molecule has 0 saturated heterocycles. The van der Waals surface area contributed by atoms with Crippen molar-refractivity contribution >= 4 is 5.91 Å². The Balaban J connectivity index is 2.52. The molecule has 1 rings (SSSR count). The van der Waals surface area contributed by atoms with E-state index in [9.17, 15) is 4.79 Å². The van der Waals surface area contributed by atoms with E-state index in [4.69, 9.17) is 10.3 Å². The zero-order valence-corrected chi connectivity index (χ0v) is 10.0. The Kier molecular flexibility index (Phi) is 4.06. The summed E-state index contributed by atoms with van der Waals surface area (Å²) in [7, 11) is 0. The molecule has 0 saturated carbocycles. The highest BCUT2D eigenvalue weighted by atomic mass is 16.5. The molecule has 0 fully saturated rings. The van der Waals surface area contributed by atoms with Gasteiger partial charge in [-0.3, -0.25) is 4.79 Å². The zero-order chi connectivity index (χ0) is 12.2. The number of nitrogens with zero attached hydrogens (tertiary/aromatic N) is 1. The normalized spacial score (nSPS) is 14.5. The minimum atomic E-state index is -0.505. The monoisotopic (exact) mass is 225 g/mol. The summed E-state index contributed by atoms with van der Waals surface area (Å²) in [6.45, 7) is 6.34. The molecule has 1 heterocycles. The second-order valence-electron chi connectivity index (χ2n) is 4.24. The van der Waals surface area contributed by atoms with Crippen LogP contribution in [-0.2, 0) is 11.3 Å². The van der Waals surface area contributed by atoms with Crippen molar-refractivity contribution in [1.29, 1.82) is 0 Å². The maximum Gasteiger partial charge on any atom is 0.227 e. The first-order chi connectivity index (χ1) is 7.51. The van der Waals surface area contributed by atoms with E-state index in [-0.39, 0.29) is 5.91 Å². The second-order valence-corrected chi connectivity index (χ2v) is 4.24. The molecule has 3 N–H and O–H groups in total. The van der Waals surface area contributed by atoms with E-state index in [1.54, 1.807) is 6.07 Å². The van der Waals surface area contributed by atoms with Crippen LogP contribution in [0.4, 0.5) is 0 Å². The first kappa shape index (κ1) is 12.7. The summed E-state index contributed by atoms with van der Waals surface area (Å²) >= 11 is 0. The van der Waals surface area contributed by atoms with Crippen LogP contribution in [0.25, 0.3) is 0 Å². The van der Waals surface area contributed by atoms with Crippen LogP contribution in [0, 0.1) is 12.3 Å². The number of carbonyl (C=O) groups is 1. The fourth-order valence-electron chi connectivity index (χ4n) is 1.28. The number of nitrogens with two attached hydrogens (primary N) is 1. The Morgan fingerprint density at radius 2 is 2.38 bits per heavy atom. The highest BCUT2D eigenvalue weighted by molar-refractivity contribution is 5.82. The van der Waals surface area contributed by atoms with Crippen molar-refractivity contribution in [3.05, 3.63) is 17.5 Å². The Labute approximate surface area is 95.4 Å². The van der Waals surface area contributed by atoms with E-state index < -0.39 is 5.41 Å². The van der Waals surface area contributed by atoms with E-state index in [0.717, 1.165) is 5.69 Å². The molecular weight excluding hydrogens is 206 g/mol. The molecule has 5 heteroatoms. The fraction of sp³-hybridized carbons (Fsp3) is 0.636. The Morgan fingerprint density at radius 3 is 2.81 bits per heavy atom. The zero-order valence-electron chi connectivity index (χ0n) is 10.0. The molecule has 90 valence electrons. The van der Waals surface area contributed by atoms with E-state index in [0.29, 0.717) is 25.3 Å². The lowest BCUT2D eigenvalue weighted by Crippen LogP contribution is -2.43. The van der Waals surface area contributed by atoms with Gasteiger partial charge in [-0.1, -0.05) is 12.1 Å². The Bertz CT molecular complexity index is 356. The van der Waals surface area contributed by atoms with E-state index in [2.05, 4.69) is 10.5 Å². The summed E-state index contributed by atoms with van der Waals surface area (Å²) in [6, 6.07) is 1.80. The van der Waals surface area contributed by atoms with E-state index >= 15 is 0 Å². The minimum Gasteiger partial charge on any atom is -0.359 e. The van der Waals surface area contributed by atoms with Gasteiger partial charge in [0.1, 0.15) is 0 Å². The van der Waals surface area contributed by atoms with Crippen LogP contribution in [0.15, 0.2) is 10.6 Å². The molecule has 16 heavy (non-hydrogen) atoms. The summed E-state index contributed by atoms with van der Waals surface area (Å²) < 4.78 is 5.00. The van der Waals surface area contributed by atoms with Gasteiger partial charge in [-0.05, 0) is 20.3 Å². The summed E-state index contributed by atoms with van der Waals surface area (Å²) in [6.07, 6.45) is 0.713. The molecular formula is C11H19N3O2. The van der Waals surface area contributed by atoms with Crippen molar-refractivity contribution in [3.63, 3.8) is 0 Å². The third-order valence-corrected chi connectivity index (χ3v) is 2.88. The molecule has 1 aromatic rings. The average molecular weight is 225 g/mol. The van der Waals surface area contributed by atoms with Gasteiger partial charge in [-0.2, -0.15) is 0 Å². The van der Waals surface area contributed by atoms with Crippen molar-refractivity contribution in [2.75, 3.05) is 6.54 Å².